The Balaban J connectivity index is 0.000000189. The van der Waals surface area contributed by atoms with Gasteiger partial charge in [0, 0.05) is 18.6 Å². The Morgan fingerprint density at radius 1 is 0.533 bits per heavy atom. The number of aliphatic hydroxyl groups excluding tert-OH is 1. The summed E-state index contributed by atoms with van der Waals surface area (Å²) in [5, 5.41) is 13.1. The van der Waals surface area contributed by atoms with Crippen LogP contribution in [0, 0.1) is 16.2 Å². The summed E-state index contributed by atoms with van der Waals surface area (Å²) < 4.78 is 65.0. The number of benzene rings is 4. The normalized spacial score (nSPS) is 18.1. The van der Waals surface area contributed by atoms with E-state index < -0.39 is 40.3 Å². The lowest BCUT2D eigenvalue weighted by Crippen LogP contribution is -2.67. The number of aldehydes is 1. The SMILES string of the molecule is CC(C)(C)[Si](OCC1(C(F)F)CCC1)(c1ccccc1)c1ccccc1.CC(C)(C)[Si](OCC1(C=O)CCC1)(c1ccccc1)c1ccccc1.OCC1(C(F)F)CCC1. The topological polar surface area (TPSA) is 55.8 Å². The second-order valence-corrected chi connectivity index (χ2v) is 28.0. The molecule has 0 bridgehead atoms. The van der Waals surface area contributed by atoms with Gasteiger partial charge in [0.2, 0.25) is 12.9 Å². The molecule has 3 aliphatic rings. The monoisotopic (exact) mass is 862 g/mol. The van der Waals surface area contributed by atoms with Gasteiger partial charge in [0.15, 0.2) is 0 Å². The summed E-state index contributed by atoms with van der Waals surface area (Å²) in [4.78, 5) is 11.7. The van der Waals surface area contributed by atoms with Crippen LogP contribution in [0.2, 0.25) is 10.1 Å². The smallest absolute Gasteiger partial charge is 0.261 e. The van der Waals surface area contributed by atoms with Crippen LogP contribution in [0.4, 0.5) is 17.6 Å². The Morgan fingerprint density at radius 3 is 1.02 bits per heavy atom. The van der Waals surface area contributed by atoms with Gasteiger partial charge in [-0.25, -0.2) is 17.6 Å². The van der Waals surface area contributed by atoms with Crippen LogP contribution in [0.25, 0.3) is 0 Å². The Bertz CT molecular complexity index is 1800. The predicted octanol–water partition coefficient (Wildman–Crippen LogP) is 10.3. The first kappa shape index (κ1) is 47.6. The van der Waals surface area contributed by atoms with E-state index in [0.717, 1.165) is 48.8 Å². The highest BCUT2D eigenvalue weighted by molar-refractivity contribution is 7.00. The summed E-state index contributed by atoms with van der Waals surface area (Å²) in [6.45, 7) is 13.7. The molecule has 326 valence electrons. The molecular weight excluding hydrogens is 797 g/mol. The number of carbonyl (C=O) groups excluding carboxylic acids is 1. The van der Waals surface area contributed by atoms with Gasteiger partial charge in [-0.2, -0.15) is 0 Å². The van der Waals surface area contributed by atoms with Crippen molar-refractivity contribution in [2.45, 2.75) is 122 Å². The van der Waals surface area contributed by atoms with Crippen LogP contribution < -0.4 is 20.7 Å². The third-order valence-corrected chi connectivity index (χ3v) is 23.5. The average Bonchev–Trinajstić information content (AvgIpc) is 3.17. The van der Waals surface area contributed by atoms with Crippen LogP contribution in [0.3, 0.4) is 0 Å². The molecule has 4 nitrogen and oxygen atoms in total. The van der Waals surface area contributed by atoms with Crippen molar-refractivity contribution in [3.63, 3.8) is 0 Å². The van der Waals surface area contributed by atoms with E-state index >= 15 is 0 Å². The van der Waals surface area contributed by atoms with Crippen LogP contribution in [0.1, 0.15) is 99.3 Å². The van der Waals surface area contributed by atoms with E-state index in [9.17, 15) is 22.4 Å². The van der Waals surface area contributed by atoms with E-state index in [-0.39, 0.29) is 28.7 Å². The van der Waals surface area contributed by atoms with Crippen LogP contribution in [0.15, 0.2) is 121 Å². The molecule has 3 saturated carbocycles. The van der Waals surface area contributed by atoms with Gasteiger partial charge < -0.3 is 18.8 Å². The van der Waals surface area contributed by atoms with E-state index in [2.05, 4.69) is 126 Å². The van der Waals surface area contributed by atoms with Crippen molar-refractivity contribution in [2.24, 2.45) is 16.2 Å². The molecule has 0 radical (unpaired) electrons. The molecule has 0 amide bonds. The number of hydrogen-bond donors (Lipinski definition) is 1. The van der Waals surface area contributed by atoms with Crippen molar-refractivity contribution in [2.75, 3.05) is 19.8 Å². The van der Waals surface area contributed by atoms with Gasteiger partial charge in [-0.3, -0.25) is 0 Å². The minimum absolute atomic E-state index is 0.0382. The number of carbonyl (C=O) groups is 1. The van der Waals surface area contributed by atoms with E-state index in [1.165, 1.54) is 10.4 Å². The van der Waals surface area contributed by atoms with Crippen molar-refractivity contribution in [3.05, 3.63) is 121 Å². The fourth-order valence-electron chi connectivity index (χ4n) is 9.09. The fraction of sp³-hybridized carbons (Fsp3) is 0.500. The number of aliphatic hydroxyl groups is 1. The fourth-order valence-corrected chi connectivity index (χ4v) is 18.4. The first-order valence-corrected chi connectivity index (χ1v) is 25.4. The zero-order valence-corrected chi connectivity index (χ0v) is 38.4. The third kappa shape index (κ3) is 9.78. The third-order valence-electron chi connectivity index (χ3n) is 13.5. The highest BCUT2D eigenvalue weighted by Crippen LogP contribution is 2.48. The van der Waals surface area contributed by atoms with Gasteiger partial charge in [-0.1, -0.05) is 182 Å². The molecular formula is C50H66F4O4Si2. The molecule has 0 spiro atoms. The Morgan fingerprint density at radius 2 is 0.833 bits per heavy atom. The maximum atomic E-state index is 13.7. The largest absolute Gasteiger partial charge is 0.407 e. The van der Waals surface area contributed by atoms with E-state index in [4.69, 9.17) is 14.0 Å². The number of hydrogen-bond acceptors (Lipinski definition) is 4. The molecule has 0 aromatic heterocycles. The van der Waals surface area contributed by atoms with Crippen molar-refractivity contribution in [1.29, 1.82) is 0 Å². The van der Waals surface area contributed by atoms with E-state index in [0.29, 0.717) is 32.3 Å². The average molecular weight is 863 g/mol. The summed E-state index contributed by atoms with van der Waals surface area (Å²) in [5.74, 6) is 0. The molecule has 4 aromatic carbocycles. The van der Waals surface area contributed by atoms with Crippen molar-refractivity contribution in [1.82, 2.24) is 0 Å². The molecule has 3 aliphatic carbocycles. The predicted molar refractivity (Wildman–Crippen MR) is 241 cm³/mol. The molecule has 0 aliphatic heterocycles. The van der Waals surface area contributed by atoms with Crippen LogP contribution in [-0.4, -0.2) is 60.7 Å². The molecule has 7 rings (SSSR count). The molecule has 0 saturated heterocycles. The minimum atomic E-state index is -2.72. The molecule has 10 heteroatoms. The maximum Gasteiger partial charge on any atom is 0.261 e. The quantitative estimate of drug-likeness (QED) is 0.0780. The molecule has 0 heterocycles. The van der Waals surface area contributed by atoms with Crippen molar-refractivity contribution in [3.8, 4) is 0 Å². The lowest BCUT2D eigenvalue weighted by Gasteiger charge is -2.48. The molecule has 60 heavy (non-hydrogen) atoms. The molecule has 4 aromatic rings. The number of halogens is 4. The van der Waals surface area contributed by atoms with E-state index in [1.54, 1.807) is 0 Å². The maximum absolute atomic E-state index is 13.7. The number of alkyl halides is 4. The second-order valence-electron chi connectivity index (χ2n) is 19.4. The zero-order valence-electron chi connectivity index (χ0n) is 36.4. The summed E-state index contributed by atoms with van der Waals surface area (Å²) >= 11 is 0. The zero-order chi connectivity index (χ0) is 43.7. The first-order valence-electron chi connectivity index (χ1n) is 21.6. The van der Waals surface area contributed by atoms with Crippen molar-refractivity contribution < 1.29 is 36.3 Å². The standard InChI is InChI=1S/C22H28F2OSi.C22H28O2Si.C6H10F2O/c1-21(2,3)26(18-11-6-4-7-12-18,19-13-8-5-9-14-19)25-17-22(20(23)24)15-10-16-22;1-21(2,3)25(19-11-6-4-7-12-19,20-13-8-5-9-14-20)24-18-22(17-23)15-10-16-22;7-5(8)6(4-9)2-1-3-6/h4-9,11-14,20H,10,15-17H2,1-3H3;4-9,11-14,17H,10,15-16,18H2,1-3H3;5,9H,1-4H2. The highest BCUT2D eigenvalue weighted by atomic mass is 28.4. The lowest BCUT2D eigenvalue weighted by molar-refractivity contribution is -0.122. The Hall–Kier alpha value is -3.42. The summed E-state index contributed by atoms with van der Waals surface area (Å²) in [6, 6.07) is 41.7. The van der Waals surface area contributed by atoms with Gasteiger partial charge in [0.25, 0.3) is 16.6 Å². The van der Waals surface area contributed by atoms with Gasteiger partial charge in [0.05, 0.1) is 17.4 Å². The Labute approximate surface area is 358 Å². The lowest BCUT2D eigenvalue weighted by atomic mass is 9.70. The van der Waals surface area contributed by atoms with Gasteiger partial charge >= 0.3 is 0 Å². The molecule has 1 N–H and O–H groups in total. The molecule has 0 unspecified atom stereocenters. The van der Waals surface area contributed by atoms with Gasteiger partial charge in [-0.05, 0) is 69.3 Å². The summed E-state index contributed by atoms with van der Waals surface area (Å²) in [5.41, 5.74) is -2.25. The van der Waals surface area contributed by atoms with Gasteiger partial charge in [0.1, 0.15) is 6.29 Å². The second kappa shape index (κ2) is 19.7. The number of rotatable bonds is 14. The van der Waals surface area contributed by atoms with Crippen LogP contribution in [-0.2, 0) is 13.6 Å². The van der Waals surface area contributed by atoms with Crippen LogP contribution in [0.5, 0.6) is 0 Å². The molecule has 0 atom stereocenters. The summed E-state index contributed by atoms with van der Waals surface area (Å²) in [6.07, 6.45) is 3.30. The van der Waals surface area contributed by atoms with Crippen molar-refractivity contribution >= 4 is 43.7 Å². The summed E-state index contributed by atoms with van der Waals surface area (Å²) in [7, 11) is -5.24. The van der Waals surface area contributed by atoms with Crippen LogP contribution >= 0.6 is 0 Å². The highest BCUT2D eigenvalue weighted by Gasteiger charge is 2.55. The minimum Gasteiger partial charge on any atom is -0.407 e. The molecule has 3 fully saturated rings. The van der Waals surface area contributed by atoms with Gasteiger partial charge in [-0.15, -0.1) is 0 Å². The first-order chi connectivity index (χ1) is 28.5. The Kier molecular flexibility index (Phi) is 15.7. The van der Waals surface area contributed by atoms with E-state index in [1.807, 2.05) is 36.4 Å².